The summed E-state index contributed by atoms with van der Waals surface area (Å²) >= 11 is 1.68. The van der Waals surface area contributed by atoms with E-state index in [4.69, 9.17) is 0 Å². The van der Waals surface area contributed by atoms with Crippen molar-refractivity contribution in [2.75, 3.05) is 32.4 Å². The Balaban J connectivity index is 1.46. The smallest absolute Gasteiger partial charge is 0.222 e. The average Bonchev–Trinajstić information content (AvgIpc) is 2.96. The zero-order chi connectivity index (χ0) is 17.2. The number of aromatic nitrogens is 1. The van der Waals surface area contributed by atoms with Crippen molar-refractivity contribution < 1.29 is 13.2 Å². The fourth-order valence-electron chi connectivity index (χ4n) is 2.84. The summed E-state index contributed by atoms with van der Waals surface area (Å²) in [4.78, 5) is 18.6. The topological polar surface area (TPSA) is 70.6 Å². The van der Waals surface area contributed by atoms with Gasteiger partial charge in [0.2, 0.25) is 15.9 Å². The van der Waals surface area contributed by atoms with Crippen LogP contribution in [0.1, 0.15) is 17.8 Å². The summed E-state index contributed by atoms with van der Waals surface area (Å²) in [5.74, 6) is 0.101. The first-order valence-corrected chi connectivity index (χ1v) is 10.7. The first-order valence-electron chi connectivity index (χ1n) is 8.01. The van der Waals surface area contributed by atoms with Crippen molar-refractivity contribution in [2.24, 2.45) is 0 Å². The van der Waals surface area contributed by atoms with Gasteiger partial charge < -0.3 is 4.90 Å². The number of carbonyl (C=O) groups excluding carboxylic acids is 1. The second-order valence-electron chi connectivity index (χ2n) is 5.97. The molecular weight excluding hydrogens is 346 g/mol. The van der Waals surface area contributed by atoms with Gasteiger partial charge in [-0.25, -0.2) is 13.4 Å². The van der Waals surface area contributed by atoms with Gasteiger partial charge in [0, 0.05) is 32.6 Å². The molecule has 8 heteroatoms. The summed E-state index contributed by atoms with van der Waals surface area (Å²) in [6.45, 7) is 1.74. The lowest BCUT2D eigenvalue weighted by atomic mass is 10.2. The summed E-state index contributed by atoms with van der Waals surface area (Å²) in [5.41, 5.74) is 1.01. The number of sulfonamides is 1. The molecule has 3 rings (SSSR count). The number of nitrogens with zero attached hydrogens (tertiary/aromatic N) is 3. The molecule has 0 N–H and O–H groups in total. The first-order chi connectivity index (χ1) is 11.4. The standard InChI is InChI=1S/C16H21N3O3S2/c1-24(21,22)19-11-9-18(10-12-19)16(20)8-4-7-15-17-13-5-2-3-6-14(13)23-15/h2-3,5-6H,4,7-12H2,1H3. The number of hydrogen-bond acceptors (Lipinski definition) is 5. The van der Waals surface area contributed by atoms with Gasteiger partial charge in [0.1, 0.15) is 0 Å². The van der Waals surface area contributed by atoms with Crippen LogP contribution in [0.15, 0.2) is 24.3 Å². The van der Waals surface area contributed by atoms with E-state index in [1.54, 1.807) is 16.2 Å². The molecule has 130 valence electrons. The Morgan fingerprint density at radius 1 is 1.21 bits per heavy atom. The van der Waals surface area contributed by atoms with Gasteiger partial charge in [-0.3, -0.25) is 4.79 Å². The zero-order valence-corrected chi connectivity index (χ0v) is 15.3. The maximum atomic E-state index is 12.3. The molecule has 6 nitrogen and oxygen atoms in total. The number of thiazole rings is 1. The molecule has 0 aliphatic carbocycles. The highest BCUT2D eigenvalue weighted by atomic mass is 32.2. The van der Waals surface area contributed by atoms with Crippen molar-refractivity contribution >= 4 is 37.5 Å². The molecule has 1 aliphatic heterocycles. The van der Waals surface area contributed by atoms with Crippen LogP contribution in [0.25, 0.3) is 10.2 Å². The van der Waals surface area contributed by atoms with Gasteiger partial charge in [-0.05, 0) is 25.0 Å². The van der Waals surface area contributed by atoms with E-state index in [0.717, 1.165) is 23.4 Å². The number of rotatable bonds is 5. The second kappa shape index (κ2) is 7.16. The molecule has 0 radical (unpaired) electrons. The Labute approximate surface area is 146 Å². The fraction of sp³-hybridized carbons (Fsp3) is 0.500. The van der Waals surface area contributed by atoms with Crippen molar-refractivity contribution in [3.63, 3.8) is 0 Å². The van der Waals surface area contributed by atoms with Gasteiger partial charge in [-0.1, -0.05) is 12.1 Å². The minimum Gasteiger partial charge on any atom is -0.340 e. The minimum absolute atomic E-state index is 0.101. The van der Waals surface area contributed by atoms with Crippen LogP contribution < -0.4 is 0 Å². The molecule has 1 saturated heterocycles. The predicted molar refractivity (Wildman–Crippen MR) is 95.6 cm³/mol. The summed E-state index contributed by atoms with van der Waals surface area (Å²) in [5, 5.41) is 1.06. The van der Waals surface area contributed by atoms with Gasteiger partial charge >= 0.3 is 0 Å². The lowest BCUT2D eigenvalue weighted by Crippen LogP contribution is -2.50. The van der Waals surface area contributed by atoms with Gasteiger partial charge in [0.25, 0.3) is 0 Å². The van der Waals surface area contributed by atoms with Crippen LogP contribution in [0.4, 0.5) is 0 Å². The maximum absolute atomic E-state index is 12.3. The zero-order valence-electron chi connectivity index (χ0n) is 13.6. The molecular formula is C16H21N3O3S2. The number of aryl methyl sites for hydroxylation is 1. The maximum Gasteiger partial charge on any atom is 0.222 e. The van der Waals surface area contributed by atoms with Gasteiger partial charge in [-0.15, -0.1) is 11.3 Å². The fourth-order valence-corrected chi connectivity index (χ4v) is 4.68. The highest BCUT2D eigenvalue weighted by Gasteiger charge is 2.25. The van der Waals surface area contributed by atoms with Gasteiger partial charge in [-0.2, -0.15) is 4.31 Å². The average molecular weight is 367 g/mol. The number of para-hydroxylation sites is 1. The summed E-state index contributed by atoms with van der Waals surface area (Å²) in [6, 6.07) is 8.04. The number of piperazine rings is 1. The largest absolute Gasteiger partial charge is 0.340 e. The SMILES string of the molecule is CS(=O)(=O)N1CCN(C(=O)CCCc2nc3ccccc3s2)CC1. The Kier molecular flexibility index (Phi) is 5.17. The third-order valence-electron chi connectivity index (χ3n) is 4.18. The number of hydrogen-bond donors (Lipinski definition) is 0. The van der Waals surface area contributed by atoms with Crippen molar-refractivity contribution in [3.05, 3.63) is 29.3 Å². The molecule has 2 aromatic rings. The van der Waals surface area contributed by atoms with Crippen molar-refractivity contribution in [2.45, 2.75) is 19.3 Å². The van der Waals surface area contributed by atoms with E-state index in [0.29, 0.717) is 32.6 Å². The molecule has 1 fully saturated rings. The Bertz CT molecular complexity index is 791. The number of carbonyl (C=O) groups is 1. The van der Waals surface area contributed by atoms with E-state index in [-0.39, 0.29) is 5.91 Å². The molecule has 0 saturated carbocycles. The number of fused-ring (bicyclic) bond motifs is 1. The highest BCUT2D eigenvalue weighted by Crippen LogP contribution is 2.22. The predicted octanol–water partition coefficient (Wildman–Crippen LogP) is 1.72. The van der Waals surface area contributed by atoms with Crippen LogP contribution in [0.3, 0.4) is 0 Å². The normalized spacial score (nSPS) is 16.6. The molecule has 2 heterocycles. The summed E-state index contributed by atoms with van der Waals surface area (Å²) < 4.78 is 25.6. The monoisotopic (exact) mass is 367 g/mol. The molecule has 0 spiro atoms. The molecule has 0 unspecified atom stereocenters. The summed E-state index contributed by atoms with van der Waals surface area (Å²) in [7, 11) is -3.15. The van der Waals surface area contributed by atoms with E-state index >= 15 is 0 Å². The molecule has 1 aromatic heterocycles. The Morgan fingerprint density at radius 3 is 2.58 bits per heavy atom. The molecule has 1 aliphatic rings. The lowest BCUT2D eigenvalue weighted by Gasteiger charge is -2.33. The molecule has 1 amide bonds. The second-order valence-corrected chi connectivity index (χ2v) is 9.07. The lowest BCUT2D eigenvalue weighted by molar-refractivity contribution is -0.132. The number of benzene rings is 1. The Hall–Kier alpha value is -1.51. The first kappa shape index (κ1) is 17.3. The van der Waals surface area contributed by atoms with Crippen LogP contribution in [0.2, 0.25) is 0 Å². The van der Waals surface area contributed by atoms with Gasteiger partial charge in [0.05, 0.1) is 21.5 Å². The number of amides is 1. The van der Waals surface area contributed by atoms with Crippen LogP contribution in [-0.4, -0.2) is 60.9 Å². The molecule has 24 heavy (non-hydrogen) atoms. The Morgan fingerprint density at radius 2 is 1.92 bits per heavy atom. The third kappa shape index (κ3) is 4.12. The van der Waals surface area contributed by atoms with Crippen LogP contribution in [0.5, 0.6) is 0 Å². The van der Waals surface area contributed by atoms with Crippen molar-refractivity contribution in [1.82, 2.24) is 14.2 Å². The van der Waals surface area contributed by atoms with Crippen molar-refractivity contribution in [3.8, 4) is 0 Å². The van der Waals surface area contributed by atoms with E-state index in [2.05, 4.69) is 11.1 Å². The van der Waals surface area contributed by atoms with Crippen LogP contribution >= 0.6 is 11.3 Å². The highest BCUT2D eigenvalue weighted by molar-refractivity contribution is 7.88. The quantitative estimate of drug-likeness (QED) is 0.807. The summed E-state index contributed by atoms with van der Waals surface area (Å²) in [6.07, 6.45) is 3.26. The van der Waals surface area contributed by atoms with Crippen molar-refractivity contribution in [1.29, 1.82) is 0 Å². The molecule has 0 bridgehead atoms. The van der Waals surface area contributed by atoms with E-state index < -0.39 is 10.0 Å². The molecule has 0 atom stereocenters. The van der Waals surface area contributed by atoms with E-state index in [9.17, 15) is 13.2 Å². The van der Waals surface area contributed by atoms with Crippen LogP contribution in [0, 0.1) is 0 Å². The van der Waals surface area contributed by atoms with E-state index in [1.807, 2.05) is 18.2 Å². The van der Waals surface area contributed by atoms with E-state index in [1.165, 1.54) is 15.3 Å². The molecule has 1 aromatic carbocycles. The van der Waals surface area contributed by atoms with Gasteiger partial charge in [0.15, 0.2) is 0 Å². The minimum atomic E-state index is -3.15. The third-order valence-corrected chi connectivity index (χ3v) is 6.58. The van der Waals surface area contributed by atoms with Crippen LogP contribution in [-0.2, 0) is 21.2 Å².